The zero-order chi connectivity index (χ0) is 24.8. The van der Waals surface area contributed by atoms with E-state index in [0.717, 1.165) is 75.0 Å². The summed E-state index contributed by atoms with van der Waals surface area (Å²) < 4.78 is 0. The van der Waals surface area contributed by atoms with E-state index >= 15 is 0 Å². The maximum atomic E-state index is 12.5. The first-order valence-electron chi connectivity index (χ1n) is 13.2. The van der Waals surface area contributed by atoms with Crippen LogP contribution in [0.5, 0.6) is 0 Å². The Morgan fingerprint density at radius 1 is 0.750 bits per heavy atom. The highest BCUT2D eigenvalue weighted by Gasteiger charge is 2.21. The topological polar surface area (TPSA) is 87.1 Å². The van der Waals surface area contributed by atoms with Gasteiger partial charge in [-0.1, -0.05) is 62.4 Å². The molecule has 1 fully saturated rings. The first-order valence-corrected chi connectivity index (χ1v) is 13.2. The van der Waals surface area contributed by atoms with Gasteiger partial charge in [0.2, 0.25) is 11.9 Å². The van der Waals surface area contributed by atoms with Crippen LogP contribution in [0.3, 0.4) is 0 Å². The van der Waals surface area contributed by atoms with Gasteiger partial charge in [-0.25, -0.2) is 9.97 Å². The van der Waals surface area contributed by atoms with E-state index in [1.165, 1.54) is 25.7 Å². The summed E-state index contributed by atoms with van der Waals surface area (Å²) in [5.74, 6) is 1.87. The van der Waals surface area contributed by atoms with Gasteiger partial charge in [-0.05, 0) is 31.0 Å². The third-order valence-corrected chi connectivity index (χ3v) is 6.57. The Kier molecular flexibility index (Phi) is 10.0. The summed E-state index contributed by atoms with van der Waals surface area (Å²) in [6, 6.07) is 15.9. The van der Waals surface area contributed by atoms with Crippen molar-refractivity contribution < 1.29 is 4.79 Å². The van der Waals surface area contributed by atoms with Gasteiger partial charge in [0.05, 0.1) is 5.69 Å². The van der Waals surface area contributed by atoms with Gasteiger partial charge in [0.1, 0.15) is 5.82 Å². The molecule has 2 aromatic heterocycles. The third kappa shape index (κ3) is 8.00. The van der Waals surface area contributed by atoms with Gasteiger partial charge in [0.25, 0.3) is 0 Å². The van der Waals surface area contributed by atoms with Crippen molar-refractivity contribution in [2.45, 2.75) is 51.4 Å². The molecule has 0 radical (unpaired) electrons. The molecule has 0 bridgehead atoms. The number of unbranched alkanes of at least 4 members (excludes halogenated alkanes) is 6. The summed E-state index contributed by atoms with van der Waals surface area (Å²) >= 11 is 0. The lowest BCUT2D eigenvalue weighted by molar-refractivity contribution is -0.131. The van der Waals surface area contributed by atoms with Crippen LogP contribution in [0, 0.1) is 0 Å². The van der Waals surface area contributed by atoms with Crippen molar-refractivity contribution in [3.05, 3.63) is 60.9 Å². The fourth-order valence-corrected chi connectivity index (χ4v) is 4.46. The average Bonchev–Trinajstić information content (AvgIpc) is 2.95. The van der Waals surface area contributed by atoms with Gasteiger partial charge in [-0.3, -0.25) is 4.79 Å². The number of aromatic nitrogens is 4. The lowest BCUT2D eigenvalue weighted by Gasteiger charge is -2.34. The molecule has 190 valence electrons. The number of hydrogen-bond acceptors (Lipinski definition) is 7. The SMILES string of the molecule is O=C(CCCCCCCCCNc1ccc(-c2ccccc2)nn1)N1CCN(c2ncccn2)CC1. The number of hydrogen-bond donors (Lipinski definition) is 1. The van der Waals surface area contributed by atoms with E-state index in [0.29, 0.717) is 6.42 Å². The molecule has 0 unspecified atom stereocenters. The summed E-state index contributed by atoms with van der Waals surface area (Å²) in [5, 5.41) is 12.0. The van der Waals surface area contributed by atoms with E-state index in [2.05, 4.69) is 30.4 Å². The smallest absolute Gasteiger partial charge is 0.225 e. The van der Waals surface area contributed by atoms with Crippen LogP contribution < -0.4 is 10.2 Å². The Balaban J connectivity index is 0.982. The molecule has 1 amide bonds. The van der Waals surface area contributed by atoms with E-state index in [1.807, 2.05) is 53.4 Å². The fourth-order valence-electron chi connectivity index (χ4n) is 4.46. The number of piperazine rings is 1. The Morgan fingerprint density at radius 2 is 1.44 bits per heavy atom. The first kappa shape index (κ1) is 25.5. The highest BCUT2D eigenvalue weighted by Crippen LogP contribution is 2.17. The Hall–Kier alpha value is -3.55. The van der Waals surface area contributed by atoms with E-state index in [-0.39, 0.29) is 5.91 Å². The minimum atomic E-state index is 0.287. The molecule has 0 saturated carbocycles. The number of carbonyl (C=O) groups is 1. The third-order valence-electron chi connectivity index (χ3n) is 6.57. The number of anilines is 2. The highest BCUT2D eigenvalue weighted by atomic mass is 16.2. The standard InChI is InChI=1S/C28H37N7O/c36-27(34-20-22-35(23-21-34)28-30-18-11-19-31-28)14-9-4-2-1-3-5-10-17-29-26-16-15-25(32-33-26)24-12-7-6-8-13-24/h6-8,11-13,15-16,18-19H,1-5,9-10,14,17,20-23H2,(H,29,33). The summed E-state index contributed by atoms with van der Waals surface area (Å²) in [6.07, 6.45) is 12.3. The molecule has 1 N–H and O–H groups in total. The zero-order valence-electron chi connectivity index (χ0n) is 21.1. The predicted octanol–water partition coefficient (Wildman–Crippen LogP) is 4.82. The Bertz CT molecular complexity index is 1020. The van der Waals surface area contributed by atoms with Crippen molar-refractivity contribution in [1.82, 2.24) is 25.1 Å². The summed E-state index contributed by atoms with van der Waals surface area (Å²) in [5.41, 5.74) is 1.97. The Morgan fingerprint density at radius 3 is 2.14 bits per heavy atom. The van der Waals surface area contributed by atoms with Crippen LogP contribution in [-0.2, 0) is 4.79 Å². The molecule has 0 spiro atoms. The van der Waals surface area contributed by atoms with Gasteiger partial charge in [-0.15, -0.1) is 10.2 Å². The molecule has 1 aliphatic heterocycles. The van der Waals surface area contributed by atoms with E-state index < -0.39 is 0 Å². The largest absolute Gasteiger partial charge is 0.369 e. The quantitative estimate of drug-likeness (QED) is 0.346. The second-order valence-corrected chi connectivity index (χ2v) is 9.24. The van der Waals surface area contributed by atoms with Crippen LogP contribution >= 0.6 is 0 Å². The second kappa shape index (κ2) is 14.1. The molecule has 36 heavy (non-hydrogen) atoms. The molecular formula is C28H37N7O. The maximum Gasteiger partial charge on any atom is 0.225 e. The summed E-state index contributed by atoms with van der Waals surface area (Å²) in [7, 11) is 0. The van der Waals surface area contributed by atoms with Crippen LogP contribution in [0.4, 0.5) is 11.8 Å². The van der Waals surface area contributed by atoms with Crippen molar-refractivity contribution in [3.63, 3.8) is 0 Å². The molecular weight excluding hydrogens is 450 g/mol. The van der Waals surface area contributed by atoms with Crippen molar-refractivity contribution in [2.75, 3.05) is 42.9 Å². The van der Waals surface area contributed by atoms with E-state index in [4.69, 9.17) is 0 Å². The monoisotopic (exact) mass is 487 g/mol. The number of rotatable bonds is 13. The van der Waals surface area contributed by atoms with Gasteiger partial charge in [0.15, 0.2) is 0 Å². The molecule has 0 aliphatic carbocycles. The van der Waals surface area contributed by atoms with Gasteiger partial charge in [-0.2, -0.15) is 0 Å². The molecule has 8 nitrogen and oxygen atoms in total. The number of nitrogens with zero attached hydrogens (tertiary/aromatic N) is 6. The molecule has 3 aromatic rings. The molecule has 1 aromatic carbocycles. The van der Waals surface area contributed by atoms with Crippen molar-refractivity contribution in [1.29, 1.82) is 0 Å². The molecule has 1 aliphatic rings. The summed E-state index contributed by atoms with van der Waals surface area (Å²) in [4.78, 5) is 25.3. The zero-order valence-corrected chi connectivity index (χ0v) is 21.1. The number of nitrogens with one attached hydrogen (secondary N) is 1. The molecule has 1 saturated heterocycles. The van der Waals surface area contributed by atoms with Crippen LogP contribution in [0.1, 0.15) is 51.4 Å². The van der Waals surface area contributed by atoms with E-state index in [1.54, 1.807) is 12.4 Å². The second-order valence-electron chi connectivity index (χ2n) is 9.24. The predicted molar refractivity (Wildman–Crippen MR) is 144 cm³/mol. The van der Waals surface area contributed by atoms with Crippen LogP contribution in [0.15, 0.2) is 60.9 Å². The fraction of sp³-hybridized carbons (Fsp3) is 0.464. The lowest BCUT2D eigenvalue weighted by Crippen LogP contribution is -2.49. The minimum absolute atomic E-state index is 0.287. The van der Waals surface area contributed by atoms with E-state index in [9.17, 15) is 4.79 Å². The summed E-state index contributed by atoms with van der Waals surface area (Å²) in [6.45, 7) is 4.03. The Labute approximate surface area is 214 Å². The van der Waals surface area contributed by atoms with Crippen LogP contribution in [0.25, 0.3) is 11.3 Å². The molecule has 0 atom stereocenters. The highest BCUT2D eigenvalue weighted by molar-refractivity contribution is 5.76. The van der Waals surface area contributed by atoms with Crippen molar-refractivity contribution >= 4 is 17.7 Å². The minimum Gasteiger partial charge on any atom is -0.369 e. The molecule has 4 rings (SSSR count). The maximum absolute atomic E-state index is 12.5. The van der Waals surface area contributed by atoms with Crippen molar-refractivity contribution in [2.24, 2.45) is 0 Å². The van der Waals surface area contributed by atoms with Gasteiger partial charge in [0, 0.05) is 57.1 Å². The average molecular weight is 488 g/mol. The number of carbonyl (C=O) groups excluding carboxylic acids is 1. The van der Waals surface area contributed by atoms with Crippen LogP contribution in [-0.4, -0.2) is 63.7 Å². The van der Waals surface area contributed by atoms with Crippen molar-refractivity contribution in [3.8, 4) is 11.3 Å². The van der Waals surface area contributed by atoms with Crippen LogP contribution in [0.2, 0.25) is 0 Å². The number of amides is 1. The first-order chi connectivity index (χ1) is 17.8. The lowest BCUT2D eigenvalue weighted by atomic mass is 10.1. The normalized spacial score (nSPS) is 13.6. The van der Waals surface area contributed by atoms with Gasteiger partial charge < -0.3 is 15.1 Å². The number of benzene rings is 1. The molecule has 3 heterocycles. The van der Waals surface area contributed by atoms with Gasteiger partial charge >= 0.3 is 0 Å². The molecule has 8 heteroatoms.